The number of amides is 2. The number of carbonyl (C=O) groups is 2. The molecule has 2 N–H and O–H groups in total. The van der Waals surface area contributed by atoms with Crippen LogP contribution < -0.4 is 10.5 Å². The van der Waals surface area contributed by atoms with Gasteiger partial charge in [0.15, 0.2) is 5.58 Å². The number of fused-ring (bicyclic) bond motifs is 1. The SMILES string of the molecule is O=C1CSC(=O)N1[C@H]1CCCC[C@@H]1NS(=O)(=O)c1ccc2oc(=O)[nH]c2c1. The van der Waals surface area contributed by atoms with Crippen molar-refractivity contribution in [2.24, 2.45) is 0 Å². The van der Waals surface area contributed by atoms with Crippen molar-refractivity contribution in [3.8, 4) is 0 Å². The number of oxazole rings is 1. The summed E-state index contributed by atoms with van der Waals surface area (Å²) in [6, 6.07) is 3.05. The molecule has 4 rings (SSSR count). The highest BCUT2D eigenvalue weighted by Crippen LogP contribution is 2.31. The molecule has 1 saturated heterocycles. The fourth-order valence-corrected chi connectivity index (χ4v) is 5.70. The van der Waals surface area contributed by atoms with Crippen LogP contribution >= 0.6 is 11.8 Å². The number of benzene rings is 1. The second-order valence-corrected chi connectivity index (χ2v) is 9.21. The van der Waals surface area contributed by atoms with Gasteiger partial charge < -0.3 is 4.42 Å². The first-order valence-electron chi connectivity index (χ1n) is 8.49. The van der Waals surface area contributed by atoms with Crippen LogP contribution in [0.1, 0.15) is 25.7 Å². The lowest BCUT2D eigenvalue weighted by Crippen LogP contribution is -2.54. The largest absolute Gasteiger partial charge is 0.417 e. The van der Waals surface area contributed by atoms with Crippen molar-refractivity contribution in [3.63, 3.8) is 0 Å². The van der Waals surface area contributed by atoms with Crippen LogP contribution in [0, 0.1) is 0 Å². The third-order valence-corrected chi connectivity index (χ3v) is 7.18. The van der Waals surface area contributed by atoms with Crippen LogP contribution in [0.4, 0.5) is 4.79 Å². The normalized spacial score (nSPS) is 24.1. The van der Waals surface area contributed by atoms with E-state index in [1.165, 1.54) is 23.1 Å². The summed E-state index contributed by atoms with van der Waals surface area (Å²) in [6.45, 7) is 0. The summed E-state index contributed by atoms with van der Waals surface area (Å²) in [7, 11) is -3.91. The van der Waals surface area contributed by atoms with Crippen molar-refractivity contribution in [1.29, 1.82) is 0 Å². The zero-order chi connectivity index (χ0) is 19.2. The van der Waals surface area contributed by atoms with Gasteiger partial charge in [-0.05, 0) is 31.0 Å². The summed E-state index contributed by atoms with van der Waals surface area (Å²) in [6.07, 6.45) is 2.74. The molecule has 0 radical (unpaired) electrons. The van der Waals surface area contributed by atoms with Crippen molar-refractivity contribution in [3.05, 3.63) is 28.7 Å². The Balaban J connectivity index is 1.62. The number of imide groups is 1. The number of aromatic amines is 1. The lowest BCUT2D eigenvalue weighted by atomic mass is 9.90. The molecule has 1 aliphatic heterocycles. The third-order valence-electron chi connectivity index (χ3n) is 4.85. The Bertz CT molecular complexity index is 1060. The number of nitrogens with one attached hydrogen (secondary N) is 2. The van der Waals surface area contributed by atoms with Crippen molar-refractivity contribution < 1.29 is 22.4 Å². The fraction of sp³-hybridized carbons (Fsp3) is 0.438. The Hall–Kier alpha value is -2.11. The maximum Gasteiger partial charge on any atom is 0.417 e. The molecule has 2 atom stereocenters. The minimum Gasteiger partial charge on any atom is -0.408 e. The molecule has 0 spiro atoms. The van der Waals surface area contributed by atoms with E-state index in [0.29, 0.717) is 12.8 Å². The van der Waals surface area contributed by atoms with Crippen LogP contribution in [0.15, 0.2) is 32.3 Å². The van der Waals surface area contributed by atoms with Crippen LogP contribution in [-0.2, 0) is 14.8 Å². The average Bonchev–Trinajstić information content (AvgIpc) is 3.15. The topological polar surface area (TPSA) is 130 Å². The van der Waals surface area contributed by atoms with Crippen molar-refractivity contribution >= 4 is 44.0 Å². The predicted octanol–water partition coefficient (Wildman–Crippen LogP) is 1.41. The number of hydrogen-bond acceptors (Lipinski definition) is 7. The van der Waals surface area contributed by atoms with E-state index in [-0.39, 0.29) is 32.9 Å². The molecule has 2 aromatic rings. The average molecular weight is 411 g/mol. The molecular weight excluding hydrogens is 394 g/mol. The van der Waals surface area contributed by atoms with E-state index in [1.807, 2.05) is 0 Å². The zero-order valence-electron chi connectivity index (χ0n) is 14.1. The second kappa shape index (κ2) is 6.80. The van der Waals surface area contributed by atoms with Gasteiger partial charge in [0.05, 0.1) is 22.2 Å². The van der Waals surface area contributed by atoms with Crippen LogP contribution in [0.3, 0.4) is 0 Å². The summed E-state index contributed by atoms with van der Waals surface area (Å²) in [5.41, 5.74) is 0.546. The molecule has 1 saturated carbocycles. The number of rotatable bonds is 4. The van der Waals surface area contributed by atoms with E-state index in [1.54, 1.807) is 0 Å². The molecule has 144 valence electrons. The fourth-order valence-electron chi connectivity index (χ4n) is 3.61. The summed E-state index contributed by atoms with van der Waals surface area (Å²) in [5.74, 6) is -0.846. The molecule has 0 unspecified atom stereocenters. The lowest BCUT2D eigenvalue weighted by Gasteiger charge is -2.36. The molecule has 1 aliphatic carbocycles. The first-order chi connectivity index (χ1) is 12.8. The van der Waals surface area contributed by atoms with E-state index in [9.17, 15) is 22.8 Å². The quantitative estimate of drug-likeness (QED) is 0.778. The van der Waals surface area contributed by atoms with Gasteiger partial charge in [-0.1, -0.05) is 24.6 Å². The van der Waals surface area contributed by atoms with Gasteiger partial charge in [0, 0.05) is 6.04 Å². The zero-order valence-corrected chi connectivity index (χ0v) is 15.8. The second-order valence-electron chi connectivity index (χ2n) is 6.57. The van der Waals surface area contributed by atoms with Gasteiger partial charge in [0.1, 0.15) is 0 Å². The Kier molecular flexibility index (Phi) is 4.60. The first kappa shape index (κ1) is 18.3. The van der Waals surface area contributed by atoms with Gasteiger partial charge in [0.25, 0.3) is 5.24 Å². The molecule has 2 aliphatic rings. The molecule has 1 aromatic heterocycles. The van der Waals surface area contributed by atoms with Crippen LogP contribution in [0.25, 0.3) is 11.1 Å². The number of hydrogen-bond donors (Lipinski definition) is 2. The van der Waals surface area contributed by atoms with E-state index in [0.717, 1.165) is 24.6 Å². The van der Waals surface area contributed by atoms with Crippen molar-refractivity contribution in [1.82, 2.24) is 14.6 Å². The highest BCUT2D eigenvalue weighted by molar-refractivity contribution is 8.14. The summed E-state index contributed by atoms with van der Waals surface area (Å²) in [5, 5.41) is -0.325. The van der Waals surface area contributed by atoms with Crippen molar-refractivity contribution in [2.75, 3.05) is 5.75 Å². The molecule has 2 heterocycles. The first-order valence-corrected chi connectivity index (χ1v) is 11.0. The number of H-pyrrole nitrogens is 1. The summed E-state index contributed by atoms with van der Waals surface area (Å²) in [4.78, 5) is 39.0. The van der Waals surface area contributed by atoms with Gasteiger partial charge in [-0.3, -0.25) is 19.5 Å². The monoisotopic (exact) mass is 411 g/mol. The highest BCUT2D eigenvalue weighted by atomic mass is 32.2. The highest BCUT2D eigenvalue weighted by Gasteiger charge is 2.42. The van der Waals surface area contributed by atoms with Crippen LogP contribution in [0.5, 0.6) is 0 Å². The maximum atomic E-state index is 12.8. The van der Waals surface area contributed by atoms with Gasteiger partial charge in [-0.15, -0.1) is 0 Å². The minimum atomic E-state index is -3.91. The van der Waals surface area contributed by atoms with E-state index < -0.39 is 27.9 Å². The third kappa shape index (κ3) is 3.42. The molecule has 9 nitrogen and oxygen atoms in total. The van der Waals surface area contributed by atoms with E-state index in [2.05, 4.69) is 9.71 Å². The Morgan fingerprint density at radius 1 is 1.19 bits per heavy atom. The Morgan fingerprint density at radius 3 is 2.70 bits per heavy atom. The number of sulfonamides is 1. The van der Waals surface area contributed by atoms with Crippen LogP contribution in [-0.4, -0.2) is 47.3 Å². The summed E-state index contributed by atoms with van der Waals surface area (Å²) < 4.78 is 33.2. The number of carbonyl (C=O) groups excluding carboxylic acids is 2. The van der Waals surface area contributed by atoms with Gasteiger partial charge in [0.2, 0.25) is 15.9 Å². The predicted molar refractivity (Wildman–Crippen MR) is 97.9 cm³/mol. The van der Waals surface area contributed by atoms with Crippen LogP contribution in [0.2, 0.25) is 0 Å². The standard InChI is InChI=1S/C16H17N3O6S2/c20-14-8-26-16(22)19(14)12-4-2-1-3-10(12)18-27(23,24)9-5-6-13-11(7-9)17-15(21)25-13/h5-7,10,12,18H,1-4,8H2,(H,17,21)/t10-,12-/m0/s1. The molecule has 2 amide bonds. The number of aromatic nitrogens is 1. The molecule has 1 aromatic carbocycles. The Morgan fingerprint density at radius 2 is 1.96 bits per heavy atom. The lowest BCUT2D eigenvalue weighted by molar-refractivity contribution is -0.127. The molecule has 11 heteroatoms. The summed E-state index contributed by atoms with van der Waals surface area (Å²) >= 11 is 0.943. The van der Waals surface area contributed by atoms with Gasteiger partial charge in [-0.25, -0.2) is 17.9 Å². The number of thioether (sulfide) groups is 1. The van der Waals surface area contributed by atoms with Gasteiger partial charge >= 0.3 is 5.76 Å². The minimum absolute atomic E-state index is 0.0233. The Labute approximate surface area is 158 Å². The maximum absolute atomic E-state index is 12.8. The molecular formula is C16H17N3O6S2. The van der Waals surface area contributed by atoms with E-state index in [4.69, 9.17) is 4.42 Å². The van der Waals surface area contributed by atoms with Gasteiger partial charge in [-0.2, -0.15) is 0 Å². The molecule has 27 heavy (non-hydrogen) atoms. The molecule has 2 fully saturated rings. The number of nitrogens with zero attached hydrogens (tertiary/aromatic N) is 1. The smallest absolute Gasteiger partial charge is 0.408 e. The van der Waals surface area contributed by atoms with E-state index >= 15 is 0 Å². The van der Waals surface area contributed by atoms with Crippen molar-refractivity contribution in [2.45, 2.75) is 42.7 Å². The molecule has 0 bridgehead atoms.